The van der Waals surface area contributed by atoms with Crippen LogP contribution in [0, 0.1) is 0 Å². The number of aromatic carboxylic acids is 1. The van der Waals surface area contributed by atoms with Crippen molar-refractivity contribution < 1.29 is 9.90 Å². The average molecular weight is 309 g/mol. The first kappa shape index (κ1) is 13.6. The number of carboxylic acids is 1. The van der Waals surface area contributed by atoms with E-state index in [0.717, 1.165) is 34.6 Å². The lowest BCUT2D eigenvalue weighted by Crippen LogP contribution is -2.08. The first-order chi connectivity index (χ1) is 11.1. The maximum atomic E-state index is 11.4. The number of carboxylic acid groups (broad SMARTS) is 1. The van der Waals surface area contributed by atoms with Gasteiger partial charge in [0.15, 0.2) is 11.5 Å². The Labute approximate surface area is 132 Å². The fourth-order valence-corrected chi connectivity index (χ4v) is 3.10. The summed E-state index contributed by atoms with van der Waals surface area (Å²) in [5.74, 6) is -0.307. The van der Waals surface area contributed by atoms with E-state index in [-0.39, 0.29) is 5.69 Å². The molecule has 0 saturated heterocycles. The second-order valence-corrected chi connectivity index (χ2v) is 5.52. The number of H-pyrrole nitrogens is 1. The van der Waals surface area contributed by atoms with Crippen LogP contribution in [0.3, 0.4) is 0 Å². The fourth-order valence-electron chi connectivity index (χ4n) is 3.10. The summed E-state index contributed by atoms with van der Waals surface area (Å²) in [6, 6.07) is 9.75. The van der Waals surface area contributed by atoms with Gasteiger partial charge in [0.2, 0.25) is 0 Å². The number of nitrogens with zero attached hydrogens (tertiary/aromatic N) is 3. The van der Waals surface area contributed by atoms with Crippen LogP contribution in [0.2, 0.25) is 0 Å². The molecule has 2 heterocycles. The third-order valence-corrected chi connectivity index (χ3v) is 4.09. The minimum absolute atomic E-state index is 0.125. The monoisotopic (exact) mass is 309 g/mol. The molecule has 0 amide bonds. The number of benzene rings is 1. The predicted molar refractivity (Wildman–Crippen MR) is 84.9 cm³/mol. The summed E-state index contributed by atoms with van der Waals surface area (Å²) in [5, 5.41) is 24.2. The molecule has 0 spiro atoms. The number of aromatic amines is 1. The van der Waals surface area contributed by atoms with E-state index in [0.29, 0.717) is 12.2 Å². The Morgan fingerprint density at radius 1 is 1.30 bits per heavy atom. The number of nitrogens with one attached hydrogen (secondary N) is 2. The third-order valence-electron chi connectivity index (χ3n) is 4.09. The highest BCUT2D eigenvalue weighted by atomic mass is 16.4. The van der Waals surface area contributed by atoms with E-state index < -0.39 is 5.97 Å². The van der Waals surface area contributed by atoms with Gasteiger partial charge in [-0.3, -0.25) is 9.78 Å². The highest BCUT2D eigenvalue weighted by Gasteiger charge is 2.30. The summed E-state index contributed by atoms with van der Waals surface area (Å²) >= 11 is 0. The number of aryl methyl sites for hydroxylation is 2. The van der Waals surface area contributed by atoms with Gasteiger partial charge in [-0.05, 0) is 25.0 Å². The molecule has 0 fully saturated rings. The van der Waals surface area contributed by atoms with E-state index in [9.17, 15) is 9.90 Å². The minimum atomic E-state index is -0.994. The molecule has 0 aliphatic heterocycles. The van der Waals surface area contributed by atoms with Crippen LogP contribution in [0.15, 0.2) is 30.3 Å². The van der Waals surface area contributed by atoms with Crippen molar-refractivity contribution in [3.8, 4) is 11.3 Å². The van der Waals surface area contributed by atoms with Gasteiger partial charge in [0.25, 0.3) is 0 Å². The normalized spacial score (nSPS) is 12.6. The minimum Gasteiger partial charge on any atom is -0.476 e. The van der Waals surface area contributed by atoms with E-state index >= 15 is 0 Å². The fraction of sp³-hybridized carbons (Fsp3) is 0.188. The molecule has 23 heavy (non-hydrogen) atoms. The standard InChI is InChI=1S/C16H15N5O2/c1-21-14-10(13(20-21)16(22)23)7-8-11-12(14)15(19-18-11)17-9-5-3-2-4-6-9/h2-6H,7-8H2,1H3,(H,22,23)(H2,17,18,19). The van der Waals surface area contributed by atoms with Crippen molar-refractivity contribution in [3.63, 3.8) is 0 Å². The third kappa shape index (κ3) is 2.09. The molecular weight excluding hydrogens is 294 g/mol. The number of para-hydroxylation sites is 1. The molecule has 7 heteroatoms. The molecule has 1 aliphatic carbocycles. The highest BCUT2D eigenvalue weighted by Crippen LogP contribution is 2.39. The SMILES string of the molecule is Cn1nc(C(=O)O)c2c1-c1c(Nc3ccccc3)n[nH]c1CC2. The van der Waals surface area contributed by atoms with Crippen LogP contribution in [0.25, 0.3) is 11.3 Å². The Morgan fingerprint density at radius 2 is 2.09 bits per heavy atom. The molecule has 7 nitrogen and oxygen atoms in total. The second-order valence-electron chi connectivity index (χ2n) is 5.52. The quantitative estimate of drug-likeness (QED) is 0.690. The lowest BCUT2D eigenvalue weighted by Gasteiger charge is -2.15. The van der Waals surface area contributed by atoms with Gasteiger partial charge >= 0.3 is 5.97 Å². The molecule has 1 aromatic carbocycles. The number of rotatable bonds is 3. The summed E-state index contributed by atoms with van der Waals surface area (Å²) in [6.07, 6.45) is 1.36. The summed E-state index contributed by atoms with van der Waals surface area (Å²) < 4.78 is 1.63. The van der Waals surface area contributed by atoms with E-state index in [2.05, 4.69) is 20.6 Å². The first-order valence-electron chi connectivity index (χ1n) is 7.34. The zero-order valence-electron chi connectivity index (χ0n) is 12.5. The van der Waals surface area contributed by atoms with Crippen LogP contribution >= 0.6 is 0 Å². The van der Waals surface area contributed by atoms with Crippen LogP contribution < -0.4 is 5.32 Å². The van der Waals surface area contributed by atoms with Gasteiger partial charge in [-0.2, -0.15) is 10.2 Å². The Morgan fingerprint density at radius 3 is 2.83 bits per heavy atom. The molecule has 4 rings (SSSR count). The molecule has 0 bridgehead atoms. The molecule has 0 saturated carbocycles. The number of fused-ring (bicyclic) bond motifs is 3. The van der Waals surface area contributed by atoms with E-state index in [1.54, 1.807) is 11.7 Å². The van der Waals surface area contributed by atoms with Crippen molar-refractivity contribution in [2.75, 3.05) is 5.32 Å². The zero-order valence-corrected chi connectivity index (χ0v) is 12.5. The Hall–Kier alpha value is -3.09. The van der Waals surface area contributed by atoms with Crippen LogP contribution in [0.4, 0.5) is 11.5 Å². The molecule has 0 atom stereocenters. The Bertz CT molecular complexity index is 895. The van der Waals surface area contributed by atoms with Crippen molar-refractivity contribution in [3.05, 3.63) is 47.3 Å². The van der Waals surface area contributed by atoms with Crippen molar-refractivity contribution in [1.29, 1.82) is 0 Å². The maximum absolute atomic E-state index is 11.4. The van der Waals surface area contributed by atoms with Gasteiger partial charge in [0, 0.05) is 24.0 Å². The molecule has 116 valence electrons. The summed E-state index contributed by atoms with van der Waals surface area (Å²) in [6.45, 7) is 0. The molecule has 0 radical (unpaired) electrons. The largest absolute Gasteiger partial charge is 0.476 e. The van der Waals surface area contributed by atoms with Crippen molar-refractivity contribution in [1.82, 2.24) is 20.0 Å². The number of anilines is 2. The average Bonchev–Trinajstić information content (AvgIpc) is 3.10. The smallest absolute Gasteiger partial charge is 0.356 e. The van der Waals surface area contributed by atoms with Gasteiger partial charge in [0.05, 0.1) is 11.3 Å². The van der Waals surface area contributed by atoms with Gasteiger partial charge in [-0.1, -0.05) is 18.2 Å². The van der Waals surface area contributed by atoms with Gasteiger partial charge in [0.1, 0.15) is 0 Å². The van der Waals surface area contributed by atoms with Crippen LogP contribution in [0.1, 0.15) is 21.7 Å². The molecule has 3 aromatic rings. The maximum Gasteiger partial charge on any atom is 0.356 e. The topological polar surface area (TPSA) is 95.8 Å². The molecule has 2 aromatic heterocycles. The lowest BCUT2D eigenvalue weighted by molar-refractivity contribution is 0.0688. The highest BCUT2D eigenvalue weighted by molar-refractivity contribution is 5.92. The van der Waals surface area contributed by atoms with Crippen LogP contribution in [-0.2, 0) is 19.9 Å². The van der Waals surface area contributed by atoms with Gasteiger partial charge in [-0.15, -0.1) is 0 Å². The first-order valence-corrected chi connectivity index (χ1v) is 7.34. The van der Waals surface area contributed by atoms with Crippen molar-refractivity contribution >= 4 is 17.5 Å². The molecule has 3 N–H and O–H groups in total. The predicted octanol–water partition coefficient (Wildman–Crippen LogP) is 2.35. The van der Waals surface area contributed by atoms with Crippen LogP contribution in [0.5, 0.6) is 0 Å². The number of aromatic nitrogens is 4. The van der Waals surface area contributed by atoms with Crippen molar-refractivity contribution in [2.24, 2.45) is 7.05 Å². The summed E-state index contributed by atoms with van der Waals surface area (Å²) in [4.78, 5) is 11.4. The van der Waals surface area contributed by atoms with Gasteiger partial charge < -0.3 is 10.4 Å². The van der Waals surface area contributed by atoms with Gasteiger partial charge in [-0.25, -0.2) is 4.79 Å². The molecular formula is C16H15N5O2. The molecule has 0 unspecified atom stereocenters. The van der Waals surface area contributed by atoms with Crippen molar-refractivity contribution in [2.45, 2.75) is 12.8 Å². The van der Waals surface area contributed by atoms with E-state index in [1.165, 1.54) is 0 Å². The van der Waals surface area contributed by atoms with E-state index in [4.69, 9.17) is 0 Å². The Kier molecular flexibility index (Phi) is 2.94. The van der Waals surface area contributed by atoms with Crippen LogP contribution in [-0.4, -0.2) is 31.1 Å². The summed E-state index contributed by atoms with van der Waals surface area (Å²) in [7, 11) is 1.76. The zero-order chi connectivity index (χ0) is 16.0. The number of carbonyl (C=O) groups is 1. The summed E-state index contributed by atoms with van der Waals surface area (Å²) in [5.41, 5.74) is 4.53. The second kappa shape index (κ2) is 4.98. The number of hydrogen-bond acceptors (Lipinski definition) is 4. The lowest BCUT2D eigenvalue weighted by atomic mass is 9.93. The molecule has 1 aliphatic rings. The number of hydrogen-bond donors (Lipinski definition) is 3. The van der Waals surface area contributed by atoms with E-state index in [1.807, 2.05) is 30.3 Å². The Balaban J connectivity index is 1.84.